The van der Waals surface area contributed by atoms with Gasteiger partial charge in [-0.05, 0) is 38.8 Å². The highest BCUT2D eigenvalue weighted by atomic mass is 16.3. The van der Waals surface area contributed by atoms with Crippen LogP contribution in [0.4, 0.5) is 0 Å². The van der Waals surface area contributed by atoms with Crippen molar-refractivity contribution in [2.75, 3.05) is 6.54 Å². The van der Waals surface area contributed by atoms with Crippen LogP contribution in [-0.2, 0) is 0 Å². The van der Waals surface area contributed by atoms with Crippen LogP contribution < -0.4 is 5.32 Å². The molecule has 1 heterocycles. The van der Waals surface area contributed by atoms with Gasteiger partial charge >= 0.3 is 0 Å². The Kier molecular flexibility index (Phi) is 2.33. The third-order valence-corrected chi connectivity index (χ3v) is 1.90. The molecule has 0 saturated carbocycles. The smallest absolute Gasteiger partial charge is 0.108 e. The largest absolute Gasteiger partial charge is 0.511 e. The molecule has 1 fully saturated rings. The van der Waals surface area contributed by atoms with Crippen LogP contribution >= 0.6 is 0 Å². The van der Waals surface area contributed by atoms with Crippen LogP contribution in [0.5, 0.6) is 0 Å². The van der Waals surface area contributed by atoms with Crippen LogP contribution in [0, 0.1) is 0 Å². The molecule has 58 valence electrons. The molecule has 1 aliphatic heterocycles. The van der Waals surface area contributed by atoms with E-state index < -0.39 is 0 Å². The second-order valence-corrected chi connectivity index (χ2v) is 3.03. The number of aliphatic hydroxyl groups is 1. The Labute approximate surface area is 61.9 Å². The minimum absolute atomic E-state index is 0.241. The van der Waals surface area contributed by atoms with Crippen LogP contribution in [-0.4, -0.2) is 17.7 Å². The molecule has 0 aromatic rings. The zero-order valence-corrected chi connectivity index (χ0v) is 6.65. The normalized spacial score (nSPS) is 24.8. The van der Waals surface area contributed by atoms with Gasteiger partial charge in [0.25, 0.3) is 0 Å². The second kappa shape index (κ2) is 3.06. The highest BCUT2D eigenvalue weighted by Crippen LogP contribution is 2.14. The third-order valence-electron chi connectivity index (χ3n) is 1.90. The van der Waals surface area contributed by atoms with Crippen molar-refractivity contribution < 1.29 is 5.11 Å². The average molecular weight is 141 g/mol. The quantitative estimate of drug-likeness (QED) is 0.543. The molecule has 2 N–H and O–H groups in total. The predicted molar refractivity (Wildman–Crippen MR) is 42.0 cm³/mol. The number of rotatable bonds is 1. The molecule has 0 aromatic carbocycles. The Bertz CT molecular complexity index is 141. The SMILES string of the molecule is CC(C)=C(O)[C@@H]1CCCN1. The third kappa shape index (κ3) is 1.51. The lowest BCUT2D eigenvalue weighted by Crippen LogP contribution is -2.24. The first-order valence-corrected chi connectivity index (χ1v) is 3.81. The Balaban J connectivity index is 2.56. The molecule has 2 heteroatoms. The van der Waals surface area contributed by atoms with Crippen molar-refractivity contribution in [1.29, 1.82) is 0 Å². The van der Waals surface area contributed by atoms with Crippen LogP contribution in [0.2, 0.25) is 0 Å². The van der Waals surface area contributed by atoms with Gasteiger partial charge in [0.15, 0.2) is 0 Å². The van der Waals surface area contributed by atoms with Gasteiger partial charge in [-0.25, -0.2) is 0 Å². The summed E-state index contributed by atoms with van der Waals surface area (Å²) in [6.07, 6.45) is 2.26. The maximum Gasteiger partial charge on any atom is 0.108 e. The number of nitrogens with one attached hydrogen (secondary N) is 1. The molecule has 0 aliphatic carbocycles. The van der Waals surface area contributed by atoms with E-state index in [4.69, 9.17) is 0 Å². The molecule has 1 rings (SSSR count). The lowest BCUT2D eigenvalue weighted by atomic mass is 10.1. The molecular weight excluding hydrogens is 126 g/mol. The van der Waals surface area contributed by atoms with E-state index in [9.17, 15) is 5.11 Å². The Hall–Kier alpha value is -0.500. The topological polar surface area (TPSA) is 32.3 Å². The maximum absolute atomic E-state index is 9.44. The van der Waals surface area contributed by atoms with Crippen LogP contribution in [0.1, 0.15) is 26.7 Å². The van der Waals surface area contributed by atoms with Crippen molar-refractivity contribution >= 4 is 0 Å². The summed E-state index contributed by atoms with van der Waals surface area (Å²) in [5.41, 5.74) is 1.03. The fourth-order valence-electron chi connectivity index (χ4n) is 1.27. The lowest BCUT2D eigenvalue weighted by Gasteiger charge is -2.10. The van der Waals surface area contributed by atoms with Gasteiger partial charge in [-0.1, -0.05) is 0 Å². The fourth-order valence-corrected chi connectivity index (χ4v) is 1.27. The molecule has 0 aromatic heterocycles. The van der Waals surface area contributed by atoms with Gasteiger partial charge in [-0.3, -0.25) is 0 Å². The maximum atomic E-state index is 9.44. The zero-order chi connectivity index (χ0) is 7.56. The summed E-state index contributed by atoms with van der Waals surface area (Å²) >= 11 is 0. The molecule has 1 atom stereocenters. The first-order valence-electron chi connectivity index (χ1n) is 3.81. The summed E-state index contributed by atoms with van der Waals surface area (Å²) in [5, 5.41) is 12.7. The Morgan fingerprint density at radius 3 is 2.60 bits per heavy atom. The number of hydrogen-bond donors (Lipinski definition) is 2. The van der Waals surface area contributed by atoms with Gasteiger partial charge in [0.1, 0.15) is 5.76 Å². The fraction of sp³-hybridized carbons (Fsp3) is 0.750. The van der Waals surface area contributed by atoms with Crippen molar-refractivity contribution in [2.24, 2.45) is 0 Å². The molecule has 0 radical (unpaired) electrons. The highest BCUT2D eigenvalue weighted by molar-refractivity contribution is 5.09. The molecule has 0 amide bonds. The zero-order valence-electron chi connectivity index (χ0n) is 6.65. The molecule has 2 nitrogen and oxygen atoms in total. The van der Waals surface area contributed by atoms with Crippen molar-refractivity contribution in [3.05, 3.63) is 11.3 Å². The van der Waals surface area contributed by atoms with Gasteiger partial charge < -0.3 is 10.4 Å². The summed E-state index contributed by atoms with van der Waals surface area (Å²) < 4.78 is 0. The van der Waals surface area contributed by atoms with E-state index in [-0.39, 0.29) is 6.04 Å². The van der Waals surface area contributed by atoms with Gasteiger partial charge in [0, 0.05) is 0 Å². The van der Waals surface area contributed by atoms with E-state index in [0.29, 0.717) is 5.76 Å². The molecule has 1 saturated heterocycles. The van der Waals surface area contributed by atoms with E-state index in [2.05, 4.69) is 5.32 Å². The van der Waals surface area contributed by atoms with E-state index >= 15 is 0 Å². The van der Waals surface area contributed by atoms with E-state index in [0.717, 1.165) is 18.5 Å². The molecule has 10 heavy (non-hydrogen) atoms. The summed E-state index contributed by atoms with van der Waals surface area (Å²) in [6, 6.07) is 0.241. The summed E-state index contributed by atoms with van der Waals surface area (Å²) in [6.45, 7) is 4.92. The van der Waals surface area contributed by atoms with E-state index in [1.807, 2.05) is 13.8 Å². The average Bonchev–Trinajstić information content (AvgIpc) is 2.36. The summed E-state index contributed by atoms with van der Waals surface area (Å²) in [5.74, 6) is 0.539. The van der Waals surface area contributed by atoms with E-state index in [1.54, 1.807) is 0 Å². The second-order valence-electron chi connectivity index (χ2n) is 3.03. The summed E-state index contributed by atoms with van der Waals surface area (Å²) in [7, 11) is 0. The van der Waals surface area contributed by atoms with Gasteiger partial charge in [0.05, 0.1) is 6.04 Å². The van der Waals surface area contributed by atoms with Gasteiger partial charge in [-0.2, -0.15) is 0 Å². The lowest BCUT2D eigenvalue weighted by molar-refractivity contribution is 0.348. The predicted octanol–water partition coefficient (Wildman–Crippen LogP) is 1.59. The number of hydrogen-bond acceptors (Lipinski definition) is 2. The minimum atomic E-state index is 0.241. The van der Waals surface area contributed by atoms with Crippen molar-refractivity contribution in [1.82, 2.24) is 5.32 Å². The molecule has 0 bridgehead atoms. The van der Waals surface area contributed by atoms with Crippen molar-refractivity contribution in [2.45, 2.75) is 32.7 Å². The monoisotopic (exact) mass is 141 g/mol. The Morgan fingerprint density at radius 2 is 2.20 bits per heavy atom. The first kappa shape index (κ1) is 7.61. The van der Waals surface area contributed by atoms with Crippen molar-refractivity contribution in [3.63, 3.8) is 0 Å². The van der Waals surface area contributed by atoms with Crippen LogP contribution in [0.25, 0.3) is 0 Å². The summed E-state index contributed by atoms with van der Waals surface area (Å²) in [4.78, 5) is 0. The molecule has 0 unspecified atom stereocenters. The van der Waals surface area contributed by atoms with Gasteiger partial charge in [-0.15, -0.1) is 0 Å². The van der Waals surface area contributed by atoms with Crippen LogP contribution in [0.15, 0.2) is 11.3 Å². The highest BCUT2D eigenvalue weighted by Gasteiger charge is 2.18. The van der Waals surface area contributed by atoms with E-state index in [1.165, 1.54) is 6.42 Å². The number of aliphatic hydroxyl groups excluding tert-OH is 1. The Morgan fingerprint density at radius 1 is 1.50 bits per heavy atom. The molecule has 0 spiro atoms. The standard InChI is InChI=1S/C8H15NO/c1-6(2)8(10)7-4-3-5-9-7/h7,9-10H,3-5H2,1-2H3/t7-/m0/s1. The minimum Gasteiger partial charge on any atom is -0.511 e. The molecule has 1 aliphatic rings. The molecular formula is C8H15NO. The van der Waals surface area contributed by atoms with Crippen LogP contribution in [0.3, 0.4) is 0 Å². The van der Waals surface area contributed by atoms with Gasteiger partial charge in [0.2, 0.25) is 0 Å². The first-order chi connectivity index (χ1) is 4.72. The van der Waals surface area contributed by atoms with Crippen molar-refractivity contribution in [3.8, 4) is 0 Å². The number of allylic oxidation sites excluding steroid dienone is 1.